The second-order valence-electron chi connectivity index (χ2n) is 3.75. The molecule has 14 heavy (non-hydrogen) atoms. The number of rotatable bonds is 8. The highest BCUT2D eigenvalue weighted by Crippen LogP contribution is 2.12. The Bertz CT molecular complexity index is 193. The molecule has 0 amide bonds. The molecule has 0 heterocycles. The summed E-state index contributed by atoms with van der Waals surface area (Å²) in [5.74, 6) is -0.193. The monoisotopic (exact) mass is 195 g/mol. The maximum Gasteiger partial charge on any atom is 0.149 e. The van der Waals surface area contributed by atoms with Gasteiger partial charge in [0.2, 0.25) is 0 Å². The Morgan fingerprint density at radius 1 is 1.21 bits per heavy atom. The van der Waals surface area contributed by atoms with E-state index in [4.69, 9.17) is 5.26 Å². The van der Waals surface area contributed by atoms with Crippen LogP contribution < -0.4 is 0 Å². The highest BCUT2D eigenvalue weighted by atomic mass is 16.1. The Labute approximate surface area is 87.3 Å². The van der Waals surface area contributed by atoms with Crippen molar-refractivity contribution in [2.24, 2.45) is 5.92 Å². The van der Waals surface area contributed by atoms with Crippen molar-refractivity contribution in [3.8, 4) is 6.07 Å². The minimum atomic E-state index is -0.341. The first kappa shape index (κ1) is 13.2. The summed E-state index contributed by atoms with van der Waals surface area (Å²) in [4.78, 5) is 11.5. The van der Waals surface area contributed by atoms with Gasteiger partial charge in [0, 0.05) is 6.42 Å². The smallest absolute Gasteiger partial charge is 0.149 e. The minimum absolute atomic E-state index is 0.148. The molecule has 1 unspecified atom stereocenters. The maximum atomic E-state index is 11.5. The first-order valence-electron chi connectivity index (χ1n) is 5.68. The van der Waals surface area contributed by atoms with E-state index in [2.05, 4.69) is 19.9 Å². The molecule has 80 valence electrons. The van der Waals surface area contributed by atoms with Crippen LogP contribution in [0.5, 0.6) is 0 Å². The number of hydrogen-bond donors (Lipinski definition) is 0. The van der Waals surface area contributed by atoms with E-state index in [1.54, 1.807) is 0 Å². The molecule has 0 bridgehead atoms. The summed E-state index contributed by atoms with van der Waals surface area (Å²) >= 11 is 0. The van der Waals surface area contributed by atoms with Gasteiger partial charge in [-0.25, -0.2) is 0 Å². The molecule has 2 nitrogen and oxygen atoms in total. The van der Waals surface area contributed by atoms with Gasteiger partial charge in [-0.1, -0.05) is 39.5 Å². The van der Waals surface area contributed by atoms with Crippen molar-refractivity contribution in [3.05, 3.63) is 0 Å². The molecule has 0 saturated heterocycles. The highest BCUT2D eigenvalue weighted by molar-refractivity contribution is 5.83. The van der Waals surface area contributed by atoms with Crippen LogP contribution in [0.4, 0.5) is 0 Å². The van der Waals surface area contributed by atoms with Crippen LogP contribution in [0.25, 0.3) is 0 Å². The van der Waals surface area contributed by atoms with Crippen LogP contribution in [0.2, 0.25) is 0 Å². The van der Waals surface area contributed by atoms with Gasteiger partial charge < -0.3 is 0 Å². The normalized spacial score (nSPS) is 12.1. The van der Waals surface area contributed by atoms with Crippen molar-refractivity contribution >= 4 is 5.78 Å². The van der Waals surface area contributed by atoms with E-state index in [1.165, 1.54) is 0 Å². The summed E-state index contributed by atoms with van der Waals surface area (Å²) in [6, 6.07) is 2.11. The fraction of sp³-hybridized carbons (Fsp3) is 0.833. The van der Waals surface area contributed by atoms with Crippen LogP contribution >= 0.6 is 0 Å². The molecule has 0 fully saturated rings. The molecule has 0 aromatic carbocycles. The lowest BCUT2D eigenvalue weighted by molar-refractivity contribution is -0.121. The lowest BCUT2D eigenvalue weighted by Crippen LogP contribution is -2.12. The third-order valence-corrected chi connectivity index (χ3v) is 2.42. The van der Waals surface area contributed by atoms with E-state index < -0.39 is 0 Å². The molecule has 0 aliphatic heterocycles. The molecule has 0 aromatic heterocycles. The van der Waals surface area contributed by atoms with Crippen LogP contribution in [-0.4, -0.2) is 5.78 Å². The zero-order valence-corrected chi connectivity index (χ0v) is 9.38. The topological polar surface area (TPSA) is 40.9 Å². The number of ketones is 1. The van der Waals surface area contributed by atoms with E-state index in [0.717, 1.165) is 38.5 Å². The van der Waals surface area contributed by atoms with E-state index >= 15 is 0 Å². The van der Waals surface area contributed by atoms with Gasteiger partial charge in [-0.3, -0.25) is 4.79 Å². The van der Waals surface area contributed by atoms with Crippen LogP contribution in [0.15, 0.2) is 0 Å². The molecule has 0 aliphatic carbocycles. The average molecular weight is 195 g/mol. The lowest BCUT2D eigenvalue weighted by Gasteiger charge is -2.06. The largest absolute Gasteiger partial charge is 0.298 e. The van der Waals surface area contributed by atoms with Crippen LogP contribution in [0, 0.1) is 17.2 Å². The zero-order chi connectivity index (χ0) is 10.8. The van der Waals surface area contributed by atoms with Crippen molar-refractivity contribution in [2.75, 3.05) is 0 Å². The van der Waals surface area contributed by atoms with Crippen molar-refractivity contribution in [1.82, 2.24) is 0 Å². The Morgan fingerprint density at radius 2 is 1.86 bits per heavy atom. The standard InChI is InChI=1S/C12H21NO/c1-3-5-7-9-12(14)11(10-13)8-6-4-2/h11H,3-9H2,1-2H3. The second-order valence-corrected chi connectivity index (χ2v) is 3.75. The van der Waals surface area contributed by atoms with E-state index in [9.17, 15) is 4.79 Å². The van der Waals surface area contributed by atoms with Crippen molar-refractivity contribution < 1.29 is 4.79 Å². The highest BCUT2D eigenvalue weighted by Gasteiger charge is 2.15. The van der Waals surface area contributed by atoms with Gasteiger partial charge in [0.15, 0.2) is 0 Å². The maximum absolute atomic E-state index is 11.5. The predicted octanol–water partition coefficient (Wildman–Crippen LogP) is 3.47. The number of nitrogens with zero attached hydrogens (tertiary/aromatic N) is 1. The Hall–Kier alpha value is -0.840. The Kier molecular flexibility index (Phi) is 8.22. The fourth-order valence-corrected chi connectivity index (χ4v) is 1.43. The summed E-state index contributed by atoms with van der Waals surface area (Å²) in [5.41, 5.74) is 0. The van der Waals surface area contributed by atoms with E-state index in [0.29, 0.717) is 6.42 Å². The zero-order valence-electron chi connectivity index (χ0n) is 9.38. The minimum Gasteiger partial charge on any atom is -0.298 e. The van der Waals surface area contributed by atoms with E-state index in [-0.39, 0.29) is 11.7 Å². The summed E-state index contributed by atoms with van der Waals surface area (Å²) in [7, 11) is 0. The molecule has 0 aromatic rings. The molecule has 0 aliphatic rings. The summed E-state index contributed by atoms with van der Waals surface area (Å²) in [5, 5.41) is 8.81. The number of carbonyl (C=O) groups excluding carboxylic acids is 1. The first-order valence-corrected chi connectivity index (χ1v) is 5.68. The van der Waals surface area contributed by atoms with E-state index in [1.807, 2.05) is 0 Å². The van der Waals surface area contributed by atoms with Crippen molar-refractivity contribution in [2.45, 2.75) is 58.8 Å². The number of hydrogen-bond acceptors (Lipinski definition) is 2. The second kappa shape index (κ2) is 8.74. The number of Topliss-reactive ketones (excluding diaryl/α,β-unsaturated/α-hetero) is 1. The SMILES string of the molecule is CCCCCC(=O)C(C#N)CCCC. The van der Waals surface area contributed by atoms with Gasteiger partial charge in [0.05, 0.1) is 6.07 Å². The van der Waals surface area contributed by atoms with Crippen molar-refractivity contribution in [3.63, 3.8) is 0 Å². The molecule has 0 spiro atoms. The van der Waals surface area contributed by atoms with Gasteiger partial charge in [0.25, 0.3) is 0 Å². The molecular weight excluding hydrogens is 174 g/mol. The number of unbranched alkanes of at least 4 members (excludes halogenated alkanes) is 3. The third-order valence-electron chi connectivity index (χ3n) is 2.42. The molecule has 1 atom stereocenters. The summed E-state index contributed by atoms with van der Waals surface area (Å²) in [6.45, 7) is 4.19. The number of nitriles is 1. The van der Waals surface area contributed by atoms with Crippen LogP contribution in [0.1, 0.15) is 58.8 Å². The molecule has 0 radical (unpaired) electrons. The number of carbonyl (C=O) groups is 1. The van der Waals surface area contributed by atoms with Gasteiger partial charge >= 0.3 is 0 Å². The van der Waals surface area contributed by atoms with Crippen LogP contribution in [0.3, 0.4) is 0 Å². The van der Waals surface area contributed by atoms with Gasteiger partial charge in [0.1, 0.15) is 11.7 Å². The lowest BCUT2D eigenvalue weighted by atomic mass is 9.95. The quantitative estimate of drug-likeness (QED) is 0.556. The first-order chi connectivity index (χ1) is 6.76. The molecular formula is C12H21NO. The average Bonchev–Trinajstić information content (AvgIpc) is 2.19. The van der Waals surface area contributed by atoms with Crippen molar-refractivity contribution in [1.29, 1.82) is 5.26 Å². The Morgan fingerprint density at radius 3 is 2.36 bits per heavy atom. The Balaban J connectivity index is 3.75. The van der Waals surface area contributed by atoms with Gasteiger partial charge in [-0.05, 0) is 12.8 Å². The molecule has 0 rings (SSSR count). The fourth-order valence-electron chi connectivity index (χ4n) is 1.43. The molecule has 0 saturated carbocycles. The summed E-state index contributed by atoms with van der Waals surface area (Å²) in [6.07, 6.45) is 6.54. The predicted molar refractivity (Wildman–Crippen MR) is 57.8 cm³/mol. The van der Waals surface area contributed by atoms with Crippen LogP contribution in [-0.2, 0) is 4.79 Å². The third kappa shape index (κ3) is 5.75. The van der Waals surface area contributed by atoms with Gasteiger partial charge in [-0.2, -0.15) is 5.26 Å². The molecule has 0 N–H and O–H groups in total. The van der Waals surface area contributed by atoms with Gasteiger partial charge in [-0.15, -0.1) is 0 Å². The molecule has 2 heteroatoms. The summed E-state index contributed by atoms with van der Waals surface area (Å²) < 4.78 is 0.